The highest BCUT2D eigenvalue weighted by molar-refractivity contribution is 6.18. The maximum atomic E-state index is 5.64. The van der Waals surface area contributed by atoms with Crippen LogP contribution in [0, 0.1) is 0 Å². The first-order valence-electron chi connectivity index (χ1n) is 4.45. The average molecular weight is 209 g/mol. The Labute approximate surface area is 84.3 Å². The second kappa shape index (κ2) is 4.60. The van der Waals surface area contributed by atoms with E-state index in [0.717, 1.165) is 6.42 Å². The Bertz CT molecular complexity index is 161. The van der Waals surface area contributed by atoms with Crippen LogP contribution in [-0.4, -0.2) is 37.6 Å². The molecule has 0 N–H and O–H groups in total. The summed E-state index contributed by atoms with van der Waals surface area (Å²) in [5.41, 5.74) is -0.203. The maximum Gasteiger partial charge on any atom is 0.160 e. The molecule has 1 heterocycles. The van der Waals surface area contributed by atoms with Gasteiger partial charge in [0.25, 0.3) is 0 Å². The van der Waals surface area contributed by atoms with Gasteiger partial charge in [-0.25, -0.2) is 0 Å². The molecule has 0 saturated carbocycles. The summed E-state index contributed by atoms with van der Waals surface area (Å²) in [7, 11) is 1.69. The Kier molecular flexibility index (Phi) is 3.98. The molecule has 2 unspecified atom stereocenters. The topological polar surface area (TPSA) is 27.7 Å². The quantitative estimate of drug-likeness (QED) is 0.660. The molecule has 3 nitrogen and oxygen atoms in total. The lowest BCUT2D eigenvalue weighted by Gasteiger charge is -2.25. The first-order chi connectivity index (χ1) is 6.07. The molecule has 0 spiro atoms. The minimum Gasteiger partial charge on any atom is -0.379 e. The predicted octanol–water partition coefficient (Wildman–Crippen LogP) is 1.78. The summed E-state index contributed by atoms with van der Waals surface area (Å²) in [6.45, 7) is 4.61. The third-order valence-corrected chi connectivity index (χ3v) is 2.54. The van der Waals surface area contributed by atoms with E-state index in [2.05, 4.69) is 0 Å². The Morgan fingerprint density at radius 3 is 2.69 bits per heavy atom. The van der Waals surface area contributed by atoms with Crippen molar-refractivity contribution < 1.29 is 14.2 Å². The monoisotopic (exact) mass is 208 g/mol. The SMILES string of the molecule is COC(C)(C)CC1OCC(CCl)O1. The van der Waals surface area contributed by atoms with E-state index in [1.54, 1.807) is 7.11 Å². The minimum absolute atomic E-state index is 0.0410. The van der Waals surface area contributed by atoms with Crippen LogP contribution in [-0.2, 0) is 14.2 Å². The molecule has 1 saturated heterocycles. The molecule has 1 rings (SSSR count). The zero-order chi connectivity index (χ0) is 9.90. The number of hydrogen-bond acceptors (Lipinski definition) is 3. The summed E-state index contributed by atoms with van der Waals surface area (Å²) in [5.74, 6) is 0.490. The Hall–Kier alpha value is 0.170. The van der Waals surface area contributed by atoms with Gasteiger partial charge in [-0.15, -0.1) is 11.6 Å². The molecule has 0 aromatic carbocycles. The van der Waals surface area contributed by atoms with Crippen LogP contribution in [0.25, 0.3) is 0 Å². The fraction of sp³-hybridized carbons (Fsp3) is 1.00. The molecule has 1 aliphatic rings. The smallest absolute Gasteiger partial charge is 0.160 e. The highest BCUT2D eigenvalue weighted by Gasteiger charge is 2.31. The molecule has 78 valence electrons. The van der Waals surface area contributed by atoms with E-state index in [9.17, 15) is 0 Å². The minimum atomic E-state index is -0.203. The summed E-state index contributed by atoms with van der Waals surface area (Å²) < 4.78 is 16.2. The van der Waals surface area contributed by atoms with Crippen molar-refractivity contribution in [1.29, 1.82) is 0 Å². The van der Waals surface area contributed by atoms with Crippen LogP contribution in [0.1, 0.15) is 20.3 Å². The molecule has 0 bridgehead atoms. The zero-order valence-electron chi connectivity index (χ0n) is 8.38. The summed E-state index contributed by atoms with van der Waals surface area (Å²) in [4.78, 5) is 0. The Morgan fingerprint density at radius 2 is 2.23 bits per heavy atom. The fourth-order valence-electron chi connectivity index (χ4n) is 1.18. The van der Waals surface area contributed by atoms with Gasteiger partial charge in [0.1, 0.15) is 0 Å². The number of ether oxygens (including phenoxy) is 3. The molecule has 0 radical (unpaired) electrons. The van der Waals surface area contributed by atoms with Crippen molar-refractivity contribution in [3.8, 4) is 0 Å². The van der Waals surface area contributed by atoms with Crippen LogP contribution in [0.15, 0.2) is 0 Å². The van der Waals surface area contributed by atoms with Gasteiger partial charge in [-0.1, -0.05) is 0 Å². The molecule has 0 aromatic rings. The van der Waals surface area contributed by atoms with Crippen molar-refractivity contribution in [1.82, 2.24) is 0 Å². The van der Waals surface area contributed by atoms with Crippen LogP contribution in [0.5, 0.6) is 0 Å². The number of methoxy groups -OCH3 is 1. The summed E-state index contributed by atoms with van der Waals surface area (Å²) >= 11 is 5.64. The third kappa shape index (κ3) is 3.43. The summed E-state index contributed by atoms with van der Waals surface area (Å²) in [5, 5.41) is 0. The molecule has 2 atom stereocenters. The van der Waals surface area contributed by atoms with E-state index >= 15 is 0 Å². The predicted molar refractivity (Wildman–Crippen MR) is 51.0 cm³/mol. The number of hydrogen-bond donors (Lipinski definition) is 0. The van der Waals surface area contributed by atoms with Gasteiger partial charge in [0, 0.05) is 13.5 Å². The third-order valence-electron chi connectivity index (χ3n) is 2.20. The summed E-state index contributed by atoms with van der Waals surface area (Å²) in [6, 6.07) is 0. The fourth-order valence-corrected chi connectivity index (χ4v) is 1.34. The van der Waals surface area contributed by atoms with Crippen LogP contribution < -0.4 is 0 Å². The summed E-state index contributed by atoms with van der Waals surface area (Å²) in [6.07, 6.45) is 0.606. The molecule has 0 aromatic heterocycles. The van der Waals surface area contributed by atoms with Gasteiger partial charge in [-0.3, -0.25) is 0 Å². The van der Waals surface area contributed by atoms with Gasteiger partial charge in [0.2, 0.25) is 0 Å². The second-order valence-electron chi connectivity index (χ2n) is 3.84. The lowest BCUT2D eigenvalue weighted by atomic mass is 10.1. The lowest BCUT2D eigenvalue weighted by Crippen LogP contribution is -2.29. The van der Waals surface area contributed by atoms with Crippen LogP contribution in [0.4, 0.5) is 0 Å². The van der Waals surface area contributed by atoms with Crippen molar-refractivity contribution in [2.75, 3.05) is 19.6 Å². The highest BCUT2D eigenvalue weighted by Crippen LogP contribution is 2.23. The van der Waals surface area contributed by atoms with Crippen LogP contribution >= 0.6 is 11.6 Å². The Morgan fingerprint density at radius 1 is 1.54 bits per heavy atom. The van der Waals surface area contributed by atoms with Gasteiger partial charge < -0.3 is 14.2 Å². The van der Waals surface area contributed by atoms with Crippen molar-refractivity contribution in [2.24, 2.45) is 0 Å². The van der Waals surface area contributed by atoms with Gasteiger partial charge >= 0.3 is 0 Å². The van der Waals surface area contributed by atoms with Crippen molar-refractivity contribution >= 4 is 11.6 Å². The highest BCUT2D eigenvalue weighted by atomic mass is 35.5. The van der Waals surface area contributed by atoms with E-state index in [1.165, 1.54) is 0 Å². The standard InChI is InChI=1S/C9H17ClO3/c1-9(2,11-3)4-8-12-6-7(5-10)13-8/h7-8H,4-6H2,1-3H3. The zero-order valence-corrected chi connectivity index (χ0v) is 9.13. The molecule has 1 fully saturated rings. The van der Waals surface area contributed by atoms with E-state index in [4.69, 9.17) is 25.8 Å². The molecule has 4 heteroatoms. The number of halogens is 1. The van der Waals surface area contributed by atoms with Gasteiger partial charge in [-0.05, 0) is 13.8 Å². The molecular weight excluding hydrogens is 192 g/mol. The maximum absolute atomic E-state index is 5.64. The van der Waals surface area contributed by atoms with E-state index in [1.807, 2.05) is 13.8 Å². The van der Waals surface area contributed by atoms with E-state index in [0.29, 0.717) is 12.5 Å². The van der Waals surface area contributed by atoms with Crippen molar-refractivity contribution in [3.05, 3.63) is 0 Å². The normalized spacial score (nSPS) is 29.5. The Balaban J connectivity index is 2.31. The number of alkyl halides is 1. The molecule has 0 amide bonds. The first-order valence-corrected chi connectivity index (χ1v) is 4.99. The second-order valence-corrected chi connectivity index (χ2v) is 4.15. The number of rotatable bonds is 4. The van der Waals surface area contributed by atoms with Gasteiger partial charge in [-0.2, -0.15) is 0 Å². The lowest BCUT2D eigenvalue weighted by molar-refractivity contribution is -0.110. The molecule has 0 aliphatic carbocycles. The van der Waals surface area contributed by atoms with Crippen molar-refractivity contribution in [3.63, 3.8) is 0 Å². The largest absolute Gasteiger partial charge is 0.379 e. The van der Waals surface area contributed by atoms with Crippen LogP contribution in [0.3, 0.4) is 0 Å². The average Bonchev–Trinajstić information content (AvgIpc) is 2.52. The van der Waals surface area contributed by atoms with Crippen molar-refractivity contribution in [2.45, 2.75) is 38.3 Å². The molecule has 1 aliphatic heterocycles. The van der Waals surface area contributed by atoms with E-state index < -0.39 is 0 Å². The molecule has 13 heavy (non-hydrogen) atoms. The van der Waals surface area contributed by atoms with Gasteiger partial charge in [0.15, 0.2) is 6.29 Å². The van der Waals surface area contributed by atoms with Crippen LogP contribution in [0.2, 0.25) is 0 Å². The first kappa shape index (κ1) is 11.2. The van der Waals surface area contributed by atoms with Gasteiger partial charge in [0.05, 0.1) is 24.2 Å². The van der Waals surface area contributed by atoms with E-state index in [-0.39, 0.29) is 18.0 Å². The molecular formula is C9H17ClO3.